The van der Waals surface area contributed by atoms with Gasteiger partial charge in [-0.1, -0.05) is 18.2 Å². The largest absolute Gasteiger partial charge is 0.393 e. The lowest BCUT2D eigenvalue weighted by Crippen LogP contribution is -2.39. The van der Waals surface area contributed by atoms with Crippen LogP contribution in [-0.4, -0.2) is 18.6 Å². The average Bonchev–Trinajstić information content (AvgIpc) is 2.31. The highest BCUT2D eigenvalue weighted by atomic mass is 16.6. The summed E-state index contributed by atoms with van der Waals surface area (Å²) in [6.07, 6.45) is 0. The Labute approximate surface area is 106 Å². The highest BCUT2D eigenvalue weighted by molar-refractivity contribution is 6.02. The number of hydrogen-bond donors (Lipinski definition) is 3. The van der Waals surface area contributed by atoms with E-state index in [1.165, 1.54) is 0 Å². The van der Waals surface area contributed by atoms with Gasteiger partial charge in [-0.3, -0.25) is 5.32 Å². The van der Waals surface area contributed by atoms with Crippen LogP contribution >= 0.6 is 0 Å². The molecule has 0 atom stereocenters. The Hall–Kier alpha value is -2.24. The number of anilines is 1. The maximum atomic E-state index is 11.7. The molecule has 98 valence electrons. The highest BCUT2D eigenvalue weighted by Crippen LogP contribution is 2.18. The van der Waals surface area contributed by atoms with Gasteiger partial charge in [0.2, 0.25) is 5.96 Å². The molecule has 4 N–H and O–H groups in total. The lowest BCUT2D eigenvalue weighted by Gasteiger charge is -2.11. The van der Waals surface area contributed by atoms with Gasteiger partial charge in [0.1, 0.15) is 6.61 Å². The molecule has 2 amide bonds. The molecule has 6 nitrogen and oxygen atoms in total. The average molecular weight is 250 g/mol. The number of benzene rings is 1. The quantitative estimate of drug-likeness (QED) is 0.433. The predicted molar refractivity (Wildman–Crippen MR) is 71.3 cm³/mol. The van der Waals surface area contributed by atoms with Crippen LogP contribution in [0.3, 0.4) is 0 Å². The molecule has 0 unspecified atom stereocenters. The molecule has 18 heavy (non-hydrogen) atoms. The van der Waals surface area contributed by atoms with Crippen LogP contribution in [0.5, 0.6) is 0 Å². The fourth-order valence-electron chi connectivity index (χ4n) is 1.43. The van der Waals surface area contributed by atoms with E-state index in [-0.39, 0.29) is 5.96 Å². The van der Waals surface area contributed by atoms with Crippen molar-refractivity contribution in [3.05, 3.63) is 29.3 Å². The van der Waals surface area contributed by atoms with Crippen molar-refractivity contribution in [3.8, 4) is 0 Å². The highest BCUT2D eigenvalue weighted by Gasteiger charge is 2.07. The van der Waals surface area contributed by atoms with Crippen LogP contribution < -0.4 is 16.4 Å². The molecule has 0 bridgehead atoms. The van der Waals surface area contributed by atoms with E-state index < -0.39 is 6.03 Å². The second-order valence-electron chi connectivity index (χ2n) is 3.74. The van der Waals surface area contributed by atoms with E-state index in [1.54, 1.807) is 6.92 Å². The molecule has 0 heterocycles. The minimum Gasteiger partial charge on any atom is -0.393 e. The number of oxime groups is 1. The Bertz CT molecular complexity index is 437. The molecule has 0 saturated carbocycles. The zero-order valence-corrected chi connectivity index (χ0v) is 10.8. The minimum atomic E-state index is -0.451. The van der Waals surface area contributed by atoms with Gasteiger partial charge in [0.15, 0.2) is 0 Å². The van der Waals surface area contributed by atoms with E-state index in [0.29, 0.717) is 6.61 Å². The first-order chi connectivity index (χ1) is 8.54. The molecule has 0 radical (unpaired) electrons. The molecule has 0 aromatic heterocycles. The van der Waals surface area contributed by atoms with Gasteiger partial charge < -0.3 is 15.9 Å². The molecular weight excluding hydrogens is 232 g/mol. The van der Waals surface area contributed by atoms with Crippen LogP contribution in [0.4, 0.5) is 10.5 Å². The number of guanidine groups is 1. The van der Waals surface area contributed by atoms with E-state index >= 15 is 0 Å². The molecule has 0 fully saturated rings. The normalized spacial score (nSPS) is 10.9. The summed E-state index contributed by atoms with van der Waals surface area (Å²) < 4.78 is 0. The molecule has 1 aromatic carbocycles. The van der Waals surface area contributed by atoms with E-state index in [0.717, 1.165) is 16.8 Å². The standard InChI is InChI=1S/C12H18N4O2/c1-4-18-16-11(13)15-12(17)14-10-8(2)6-5-7-9(10)3/h5-7H,4H2,1-3H3,(H4,13,14,15,16,17). The van der Waals surface area contributed by atoms with E-state index in [4.69, 9.17) is 10.6 Å². The van der Waals surface area contributed by atoms with Crippen LogP contribution in [0.25, 0.3) is 0 Å². The summed E-state index contributed by atoms with van der Waals surface area (Å²) in [6.45, 7) is 5.99. The molecule has 1 rings (SSSR count). The zero-order chi connectivity index (χ0) is 13.5. The van der Waals surface area contributed by atoms with Gasteiger partial charge in [0.05, 0.1) is 0 Å². The number of para-hydroxylation sites is 1. The van der Waals surface area contributed by atoms with Crippen molar-refractivity contribution in [3.63, 3.8) is 0 Å². The van der Waals surface area contributed by atoms with Crippen molar-refractivity contribution >= 4 is 17.7 Å². The van der Waals surface area contributed by atoms with Crippen molar-refractivity contribution in [2.45, 2.75) is 20.8 Å². The van der Waals surface area contributed by atoms with E-state index in [2.05, 4.69) is 15.8 Å². The Balaban J connectivity index is 2.65. The molecule has 0 aliphatic heterocycles. The topological polar surface area (TPSA) is 88.7 Å². The van der Waals surface area contributed by atoms with Crippen LogP contribution in [0.2, 0.25) is 0 Å². The predicted octanol–water partition coefficient (Wildman–Crippen LogP) is 1.69. The molecule has 0 saturated heterocycles. The number of nitrogens with one attached hydrogen (secondary N) is 2. The lowest BCUT2D eigenvalue weighted by atomic mass is 10.1. The Morgan fingerprint density at radius 2 is 2.00 bits per heavy atom. The van der Waals surface area contributed by atoms with Gasteiger partial charge in [-0.15, -0.1) is 0 Å². The monoisotopic (exact) mass is 250 g/mol. The smallest absolute Gasteiger partial charge is 0.326 e. The Kier molecular flexibility index (Phi) is 4.98. The number of carbonyl (C=O) groups excluding carboxylic acids is 1. The number of nitrogens with two attached hydrogens (primary N) is 1. The maximum absolute atomic E-state index is 11.7. The molecule has 1 aromatic rings. The second-order valence-corrected chi connectivity index (χ2v) is 3.74. The van der Waals surface area contributed by atoms with Gasteiger partial charge in [-0.2, -0.15) is 0 Å². The third kappa shape index (κ3) is 3.97. The Morgan fingerprint density at radius 3 is 2.56 bits per heavy atom. The summed E-state index contributed by atoms with van der Waals surface area (Å²) in [5.41, 5.74) is 8.16. The maximum Gasteiger partial charge on any atom is 0.326 e. The van der Waals surface area contributed by atoms with E-state index in [9.17, 15) is 4.79 Å². The van der Waals surface area contributed by atoms with Crippen LogP contribution in [0.15, 0.2) is 23.4 Å². The number of rotatable bonds is 3. The van der Waals surface area contributed by atoms with Crippen LogP contribution in [0.1, 0.15) is 18.1 Å². The number of carbonyl (C=O) groups is 1. The first-order valence-electron chi connectivity index (χ1n) is 5.64. The lowest BCUT2D eigenvalue weighted by molar-refractivity contribution is 0.157. The summed E-state index contributed by atoms with van der Waals surface area (Å²) in [7, 11) is 0. The van der Waals surface area contributed by atoms with E-state index in [1.807, 2.05) is 32.0 Å². The zero-order valence-electron chi connectivity index (χ0n) is 10.8. The summed E-state index contributed by atoms with van der Waals surface area (Å²) in [4.78, 5) is 16.4. The molecular formula is C12H18N4O2. The van der Waals surface area contributed by atoms with Crippen LogP contribution in [-0.2, 0) is 4.84 Å². The van der Waals surface area contributed by atoms with Crippen LogP contribution in [0, 0.1) is 13.8 Å². The summed E-state index contributed by atoms with van der Waals surface area (Å²) in [5.74, 6) is -0.0828. The van der Waals surface area contributed by atoms with Crippen molar-refractivity contribution in [2.75, 3.05) is 11.9 Å². The first-order valence-corrected chi connectivity index (χ1v) is 5.64. The van der Waals surface area contributed by atoms with Gasteiger partial charge >= 0.3 is 6.03 Å². The number of nitrogens with zero attached hydrogens (tertiary/aromatic N) is 1. The first kappa shape index (κ1) is 13.8. The van der Waals surface area contributed by atoms with Gasteiger partial charge in [-0.05, 0) is 37.1 Å². The third-order valence-electron chi connectivity index (χ3n) is 2.25. The van der Waals surface area contributed by atoms with Crippen molar-refractivity contribution < 1.29 is 9.63 Å². The molecule has 0 aliphatic carbocycles. The van der Waals surface area contributed by atoms with Crippen molar-refractivity contribution in [1.82, 2.24) is 5.32 Å². The van der Waals surface area contributed by atoms with Gasteiger partial charge in [0, 0.05) is 5.69 Å². The minimum absolute atomic E-state index is 0.0828. The van der Waals surface area contributed by atoms with Crippen molar-refractivity contribution in [1.29, 1.82) is 0 Å². The van der Waals surface area contributed by atoms with Gasteiger partial charge in [-0.25, -0.2) is 4.79 Å². The Morgan fingerprint density at radius 1 is 1.39 bits per heavy atom. The number of hydrogen-bond acceptors (Lipinski definition) is 3. The summed E-state index contributed by atoms with van der Waals surface area (Å²) in [5, 5.41) is 8.58. The number of urea groups is 1. The summed E-state index contributed by atoms with van der Waals surface area (Å²) >= 11 is 0. The summed E-state index contributed by atoms with van der Waals surface area (Å²) in [6, 6.07) is 5.31. The third-order valence-corrected chi connectivity index (χ3v) is 2.25. The molecule has 0 spiro atoms. The second kappa shape index (κ2) is 6.48. The fourth-order valence-corrected chi connectivity index (χ4v) is 1.43. The SMILES string of the molecule is CCON=C(N)NC(=O)Nc1c(C)cccc1C. The fraction of sp³-hybridized carbons (Fsp3) is 0.333. The number of aryl methyl sites for hydroxylation is 2. The van der Waals surface area contributed by atoms with Crippen molar-refractivity contribution in [2.24, 2.45) is 10.9 Å². The molecule has 0 aliphatic rings. The van der Waals surface area contributed by atoms with Gasteiger partial charge in [0.25, 0.3) is 0 Å². The molecule has 6 heteroatoms. The number of amides is 2.